The minimum Gasteiger partial charge on any atom is -0.362 e. The number of carbonyl (C=O) groups is 2. The predicted molar refractivity (Wildman–Crippen MR) is 111 cm³/mol. The molecule has 2 aliphatic heterocycles. The van der Waals surface area contributed by atoms with Gasteiger partial charge in [0, 0.05) is 25.9 Å². The van der Waals surface area contributed by atoms with Crippen LogP contribution in [0.1, 0.15) is 48.0 Å². The number of anilines is 1. The van der Waals surface area contributed by atoms with Crippen molar-refractivity contribution in [3.05, 3.63) is 64.7 Å². The number of hydrogen-bond donors (Lipinski definition) is 2. The molecular weight excluding hydrogens is 374 g/mol. The van der Waals surface area contributed by atoms with Gasteiger partial charge in [-0.1, -0.05) is 54.9 Å². The zero-order chi connectivity index (χ0) is 19.7. The van der Waals surface area contributed by atoms with Gasteiger partial charge in [0.15, 0.2) is 0 Å². The summed E-state index contributed by atoms with van der Waals surface area (Å²) in [7, 11) is 0. The summed E-state index contributed by atoms with van der Waals surface area (Å²) in [5.74, 6) is -0.118. The first-order chi connectivity index (χ1) is 13.5. The van der Waals surface area contributed by atoms with E-state index in [4.69, 9.17) is 11.6 Å². The van der Waals surface area contributed by atoms with E-state index in [1.165, 1.54) is 0 Å². The van der Waals surface area contributed by atoms with E-state index in [-0.39, 0.29) is 17.7 Å². The molecule has 4 rings (SSSR count). The van der Waals surface area contributed by atoms with Crippen LogP contribution in [0.25, 0.3) is 0 Å². The number of carbonyl (C=O) groups excluding carboxylic acids is 2. The van der Waals surface area contributed by atoms with Gasteiger partial charge < -0.3 is 15.5 Å². The summed E-state index contributed by atoms with van der Waals surface area (Å²) in [5.41, 5.74) is 1.78. The summed E-state index contributed by atoms with van der Waals surface area (Å²) in [4.78, 5) is 27.7. The molecule has 2 amide bonds. The van der Waals surface area contributed by atoms with E-state index in [1.54, 1.807) is 6.07 Å². The van der Waals surface area contributed by atoms with Crippen molar-refractivity contribution in [2.24, 2.45) is 0 Å². The molecule has 28 heavy (non-hydrogen) atoms. The zero-order valence-electron chi connectivity index (χ0n) is 15.9. The molecule has 1 spiro atoms. The molecule has 5 nitrogen and oxygen atoms in total. The van der Waals surface area contributed by atoms with Gasteiger partial charge in [-0.25, -0.2) is 0 Å². The quantitative estimate of drug-likeness (QED) is 0.822. The van der Waals surface area contributed by atoms with E-state index < -0.39 is 5.66 Å². The maximum Gasteiger partial charge on any atom is 0.256 e. The lowest BCUT2D eigenvalue weighted by atomic mass is 9.90. The van der Waals surface area contributed by atoms with E-state index in [9.17, 15) is 9.59 Å². The molecular formula is C22H24ClN3O2. The van der Waals surface area contributed by atoms with Gasteiger partial charge in [-0.05, 0) is 24.1 Å². The minimum absolute atomic E-state index is 0.122. The standard InChI is InChI=1S/C22H24ClN3O2/c1-2-16(15-7-4-3-5-8-15)21(28)26-13-11-22(12-14-26)24-18-10-6-9-17(23)19(18)20(27)25-22/h3-10,16,24H,2,11-14H2,1H3,(H,25,27)/t16-/m0/s1. The van der Waals surface area contributed by atoms with Crippen molar-refractivity contribution < 1.29 is 9.59 Å². The fourth-order valence-corrected chi connectivity index (χ4v) is 4.51. The van der Waals surface area contributed by atoms with Gasteiger partial charge in [0.25, 0.3) is 5.91 Å². The van der Waals surface area contributed by atoms with Gasteiger partial charge in [-0.2, -0.15) is 0 Å². The van der Waals surface area contributed by atoms with Crippen LogP contribution in [0.5, 0.6) is 0 Å². The number of likely N-dealkylation sites (tertiary alicyclic amines) is 1. The molecule has 1 saturated heterocycles. The lowest BCUT2D eigenvalue weighted by molar-refractivity contribution is -0.134. The third kappa shape index (κ3) is 3.35. The van der Waals surface area contributed by atoms with Crippen molar-refractivity contribution in [3.63, 3.8) is 0 Å². The van der Waals surface area contributed by atoms with Gasteiger partial charge in [0.2, 0.25) is 5.91 Å². The van der Waals surface area contributed by atoms with Crippen LogP contribution in [-0.4, -0.2) is 35.5 Å². The van der Waals surface area contributed by atoms with Crippen LogP contribution < -0.4 is 10.6 Å². The normalized spacial score (nSPS) is 18.8. The van der Waals surface area contributed by atoms with Crippen molar-refractivity contribution in [2.45, 2.75) is 37.8 Å². The first-order valence-corrected chi connectivity index (χ1v) is 10.1. The molecule has 0 aromatic heterocycles. The largest absolute Gasteiger partial charge is 0.362 e. The van der Waals surface area contributed by atoms with Crippen molar-refractivity contribution in [3.8, 4) is 0 Å². The molecule has 1 fully saturated rings. The van der Waals surface area contributed by atoms with Gasteiger partial charge in [-0.3, -0.25) is 9.59 Å². The number of piperidine rings is 1. The van der Waals surface area contributed by atoms with Gasteiger partial charge in [-0.15, -0.1) is 0 Å². The monoisotopic (exact) mass is 397 g/mol. The highest BCUT2D eigenvalue weighted by molar-refractivity contribution is 6.34. The van der Waals surface area contributed by atoms with Crippen LogP contribution in [0.2, 0.25) is 5.02 Å². The molecule has 0 bridgehead atoms. The number of rotatable bonds is 3. The molecule has 6 heteroatoms. The van der Waals surface area contributed by atoms with Crippen molar-refractivity contribution in [2.75, 3.05) is 18.4 Å². The van der Waals surface area contributed by atoms with Crippen LogP contribution in [0.15, 0.2) is 48.5 Å². The first-order valence-electron chi connectivity index (χ1n) is 9.76. The molecule has 2 aromatic carbocycles. The Morgan fingerprint density at radius 2 is 1.82 bits per heavy atom. The fraction of sp³-hybridized carbons (Fsp3) is 0.364. The zero-order valence-corrected chi connectivity index (χ0v) is 16.6. The fourth-order valence-electron chi connectivity index (χ4n) is 4.25. The van der Waals surface area contributed by atoms with Gasteiger partial charge in [0.05, 0.1) is 22.2 Å². The van der Waals surface area contributed by atoms with E-state index in [0.717, 1.165) is 17.7 Å². The average Bonchev–Trinajstić information content (AvgIpc) is 2.69. The van der Waals surface area contributed by atoms with Crippen LogP contribution >= 0.6 is 11.6 Å². The number of benzene rings is 2. The lowest BCUT2D eigenvalue weighted by Gasteiger charge is -2.46. The SMILES string of the molecule is CC[C@H](C(=O)N1CCC2(CC1)NC(=O)c1c(Cl)cccc1N2)c1ccccc1. The van der Waals surface area contributed by atoms with E-state index in [2.05, 4.69) is 10.6 Å². The van der Waals surface area contributed by atoms with Crippen LogP contribution in [0.4, 0.5) is 5.69 Å². The van der Waals surface area contributed by atoms with Gasteiger partial charge in [0.1, 0.15) is 5.66 Å². The minimum atomic E-state index is -0.528. The first kappa shape index (κ1) is 18.8. The van der Waals surface area contributed by atoms with E-state index in [1.807, 2.05) is 54.3 Å². The Balaban J connectivity index is 1.47. The molecule has 0 radical (unpaired) electrons. The van der Waals surface area contributed by atoms with Crippen LogP contribution in [0.3, 0.4) is 0 Å². The van der Waals surface area contributed by atoms with E-state index >= 15 is 0 Å². The summed E-state index contributed by atoms with van der Waals surface area (Å²) in [6, 6.07) is 15.4. The Labute approximate surface area is 170 Å². The molecule has 146 valence electrons. The Morgan fingerprint density at radius 1 is 1.11 bits per heavy atom. The summed E-state index contributed by atoms with van der Waals surface area (Å²) in [6.45, 7) is 3.25. The second kappa shape index (κ2) is 7.47. The van der Waals surface area contributed by atoms with Crippen molar-refractivity contribution in [1.82, 2.24) is 10.2 Å². The Hall–Kier alpha value is -2.53. The molecule has 0 unspecified atom stereocenters. The highest BCUT2D eigenvalue weighted by Crippen LogP contribution is 2.35. The highest BCUT2D eigenvalue weighted by atomic mass is 35.5. The predicted octanol–water partition coefficient (Wildman–Crippen LogP) is 4.01. The highest BCUT2D eigenvalue weighted by Gasteiger charge is 2.42. The van der Waals surface area contributed by atoms with E-state index in [0.29, 0.717) is 36.5 Å². The summed E-state index contributed by atoms with van der Waals surface area (Å²) < 4.78 is 0. The average molecular weight is 398 g/mol. The van der Waals surface area contributed by atoms with Gasteiger partial charge >= 0.3 is 0 Å². The number of nitrogens with one attached hydrogen (secondary N) is 2. The third-order valence-electron chi connectivity index (χ3n) is 5.80. The second-order valence-electron chi connectivity index (χ2n) is 7.52. The number of nitrogens with zero attached hydrogens (tertiary/aromatic N) is 1. The molecule has 1 atom stereocenters. The molecule has 2 heterocycles. The lowest BCUT2D eigenvalue weighted by Crippen LogP contribution is -2.63. The van der Waals surface area contributed by atoms with Crippen molar-refractivity contribution in [1.29, 1.82) is 0 Å². The van der Waals surface area contributed by atoms with Crippen LogP contribution in [0, 0.1) is 0 Å². The topological polar surface area (TPSA) is 61.4 Å². The second-order valence-corrected chi connectivity index (χ2v) is 7.93. The Kier molecular flexibility index (Phi) is 5.02. The molecule has 2 aromatic rings. The number of halogens is 1. The number of fused-ring (bicyclic) bond motifs is 1. The molecule has 2 aliphatic rings. The summed E-state index contributed by atoms with van der Waals surface area (Å²) >= 11 is 6.18. The molecule has 2 N–H and O–H groups in total. The Bertz CT molecular complexity index is 892. The summed E-state index contributed by atoms with van der Waals surface area (Å²) in [5, 5.41) is 7.00. The third-order valence-corrected chi connectivity index (χ3v) is 6.12. The molecule has 0 aliphatic carbocycles. The summed E-state index contributed by atoms with van der Waals surface area (Å²) in [6.07, 6.45) is 2.08. The number of hydrogen-bond acceptors (Lipinski definition) is 3. The van der Waals surface area contributed by atoms with Crippen LogP contribution in [-0.2, 0) is 4.79 Å². The maximum absolute atomic E-state index is 13.1. The maximum atomic E-state index is 13.1. The Morgan fingerprint density at radius 3 is 2.50 bits per heavy atom. The molecule has 0 saturated carbocycles. The smallest absolute Gasteiger partial charge is 0.256 e. The van der Waals surface area contributed by atoms with Crippen molar-refractivity contribution >= 4 is 29.1 Å². The number of amides is 2.